The van der Waals surface area contributed by atoms with Gasteiger partial charge in [-0.05, 0) is 71.8 Å². The smallest absolute Gasteiger partial charge is 0.416 e. The summed E-state index contributed by atoms with van der Waals surface area (Å²) >= 11 is 11.4. The number of hydrogen-bond acceptors (Lipinski definition) is 3. The molecule has 4 aromatic rings. The van der Waals surface area contributed by atoms with E-state index in [1.807, 2.05) is 48.5 Å². The van der Waals surface area contributed by atoms with Crippen molar-refractivity contribution in [2.45, 2.75) is 17.9 Å². The zero-order chi connectivity index (χ0) is 26.0. The molecule has 0 saturated heterocycles. The van der Waals surface area contributed by atoms with Gasteiger partial charge in [0.1, 0.15) is 17.2 Å². The molecule has 0 fully saturated rings. The SMILES string of the molecule is COc1ccccc1Oc1ccc(CCl)cc1.FC(F)(F)c1ccc(Oc2ccc(CCl)cc2)cc1. The average molecular weight is 535 g/mol. The van der Waals surface area contributed by atoms with Gasteiger partial charge in [-0.15, -0.1) is 23.2 Å². The van der Waals surface area contributed by atoms with E-state index in [0.29, 0.717) is 34.8 Å². The average Bonchev–Trinajstić information content (AvgIpc) is 2.90. The van der Waals surface area contributed by atoms with Crippen LogP contribution in [0.2, 0.25) is 0 Å². The lowest BCUT2D eigenvalue weighted by atomic mass is 10.2. The lowest BCUT2D eigenvalue weighted by molar-refractivity contribution is -0.137. The topological polar surface area (TPSA) is 27.7 Å². The standard InChI is InChI=1S/C14H10ClF3O.C14H13ClO2/c15-9-10-1-5-12(6-2-10)19-13-7-3-11(4-8-13)14(16,17)18;1-16-13-4-2-3-5-14(13)17-12-8-6-11(10-15)7-9-12/h1-8H,9H2;2-9H,10H2,1H3. The van der Waals surface area contributed by atoms with Gasteiger partial charge in [0, 0.05) is 11.8 Å². The quantitative estimate of drug-likeness (QED) is 0.221. The zero-order valence-corrected chi connectivity index (χ0v) is 20.8. The largest absolute Gasteiger partial charge is 0.493 e. The minimum atomic E-state index is -4.33. The molecular weight excluding hydrogens is 512 g/mol. The first kappa shape index (κ1) is 27.2. The van der Waals surface area contributed by atoms with E-state index in [1.165, 1.54) is 12.1 Å². The van der Waals surface area contributed by atoms with Crippen molar-refractivity contribution < 1.29 is 27.4 Å². The highest BCUT2D eigenvalue weighted by molar-refractivity contribution is 6.17. The highest BCUT2D eigenvalue weighted by Crippen LogP contribution is 2.32. The maximum absolute atomic E-state index is 12.4. The second kappa shape index (κ2) is 13.1. The second-order valence-electron chi connectivity index (χ2n) is 7.43. The number of hydrogen-bond donors (Lipinski definition) is 0. The molecule has 0 amide bonds. The van der Waals surface area contributed by atoms with Gasteiger partial charge < -0.3 is 14.2 Å². The van der Waals surface area contributed by atoms with Crippen molar-refractivity contribution in [1.29, 1.82) is 0 Å². The van der Waals surface area contributed by atoms with Gasteiger partial charge in [-0.1, -0.05) is 36.4 Å². The van der Waals surface area contributed by atoms with Crippen LogP contribution in [0.5, 0.6) is 28.7 Å². The maximum Gasteiger partial charge on any atom is 0.416 e. The van der Waals surface area contributed by atoms with E-state index in [0.717, 1.165) is 29.0 Å². The predicted molar refractivity (Wildman–Crippen MR) is 137 cm³/mol. The molecule has 0 spiro atoms. The van der Waals surface area contributed by atoms with Crippen LogP contribution in [0.4, 0.5) is 13.2 Å². The molecule has 4 rings (SSSR count). The first-order chi connectivity index (χ1) is 17.3. The van der Waals surface area contributed by atoms with Crippen LogP contribution < -0.4 is 14.2 Å². The molecule has 0 heterocycles. The van der Waals surface area contributed by atoms with E-state index < -0.39 is 11.7 Å². The van der Waals surface area contributed by atoms with Gasteiger partial charge in [-0.3, -0.25) is 0 Å². The molecule has 4 aromatic carbocycles. The molecule has 0 aromatic heterocycles. The number of para-hydroxylation sites is 2. The number of halogens is 5. The third-order valence-electron chi connectivity index (χ3n) is 4.87. The van der Waals surface area contributed by atoms with Crippen molar-refractivity contribution in [3.8, 4) is 28.7 Å². The highest BCUT2D eigenvalue weighted by Gasteiger charge is 2.30. The third kappa shape index (κ3) is 8.11. The molecule has 36 heavy (non-hydrogen) atoms. The first-order valence-corrected chi connectivity index (χ1v) is 11.8. The van der Waals surface area contributed by atoms with Crippen molar-refractivity contribution in [2.24, 2.45) is 0 Å². The van der Waals surface area contributed by atoms with Crippen LogP contribution >= 0.6 is 23.2 Å². The molecule has 3 nitrogen and oxygen atoms in total. The van der Waals surface area contributed by atoms with Gasteiger partial charge in [0.2, 0.25) is 0 Å². The summed E-state index contributed by atoms with van der Waals surface area (Å²) in [6.07, 6.45) is -4.33. The van der Waals surface area contributed by atoms with Crippen molar-refractivity contribution in [3.05, 3.63) is 114 Å². The Kier molecular flexibility index (Phi) is 9.91. The van der Waals surface area contributed by atoms with E-state index in [2.05, 4.69) is 0 Å². The van der Waals surface area contributed by atoms with Crippen LogP contribution in [0.3, 0.4) is 0 Å². The van der Waals surface area contributed by atoms with Crippen molar-refractivity contribution in [2.75, 3.05) is 7.11 Å². The van der Waals surface area contributed by atoms with Crippen LogP contribution in [-0.2, 0) is 17.9 Å². The van der Waals surface area contributed by atoms with Crippen molar-refractivity contribution >= 4 is 23.2 Å². The molecule has 0 N–H and O–H groups in total. The van der Waals surface area contributed by atoms with Gasteiger partial charge >= 0.3 is 6.18 Å². The van der Waals surface area contributed by atoms with Crippen molar-refractivity contribution in [1.82, 2.24) is 0 Å². The summed E-state index contributed by atoms with van der Waals surface area (Å²) in [6.45, 7) is 0. The van der Waals surface area contributed by atoms with Crippen molar-refractivity contribution in [3.63, 3.8) is 0 Å². The third-order valence-corrected chi connectivity index (χ3v) is 5.49. The highest BCUT2D eigenvalue weighted by atomic mass is 35.5. The summed E-state index contributed by atoms with van der Waals surface area (Å²) in [5, 5.41) is 0. The van der Waals surface area contributed by atoms with E-state index in [9.17, 15) is 13.2 Å². The molecule has 0 bridgehead atoms. The van der Waals surface area contributed by atoms with E-state index >= 15 is 0 Å². The summed E-state index contributed by atoms with van der Waals surface area (Å²) in [6, 6.07) is 26.8. The van der Waals surface area contributed by atoms with Crippen LogP contribution in [-0.4, -0.2) is 7.11 Å². The molecular formula is C28H23Cl2F3O3. The first-order valence-electron chi connectivity index (χ1n) is 10.8. The Morgan fingerprint density at radius 2 is 1.00 bits per heavy atom. The summed E-state index contributed by atoms with van der Waals surface area (Å²) < 4.78 is 53.5. The molecule has 0 atom stereocenters. The summed E-state index contributed by atoms with van der Waals surface area (Å²) in [4.78, 5) is 0. The summed E-state index contributed by atoms with van der Waals surface area (Å²) in [5.41, 5.74) is 1.32. The molecule has 0 saturated carbocycles. The Morgan fingerprint density at radius 3 is 1.42 bits per heavy atom. The van der Waals surface area contributed by atoms with Crippen LogP contribution in [0.15, 0.2) is 97.1 Å². The fourth-order valence-electron chi connectivity index (χ4n) is 2.97. The number of methoxy groups -OCH3 is 1. The zero-order valence-electron chi connectivity index (χ0n) is 19.3. The number of rotatable bonds is 7. The molecule has 0 unspecified atom stereocenters. The molecule has 8 heteroatoms. The number of ether oxygens (including phenoxy) is 3. The molecule has 0 radical (unpaired) electrons. The van der Waals surface area contributed by atoms with Crippen LogP contribution in [0.1, 0.15) is 16.7 Å². The molecule has 188 valence electrons. The van der Waals surface area contributed by atoms with Gasteiger partial charge in [0.05, 0.1) is 12.7 Å². The molecule has 0 aliphatic heterocycles. The normalized spacial score (nSPS) is 10.7. The van der Waals surface area contributed by atoms with E-state index in [1.54, 1.807) is 31.4 Å². The monoisotopic (exact) mass is 534 g/mol. The van der Waals surface area contributed by atoms with Gasteiger partial charge in [0.15, 0.2) is 11.5 Å². The number of alkyl halides is 5. The van der Waals surface area contributed by atoms with Gasteiger partial charge in [-0.25, -0.2) is 0 Å². The lowest BCUT2D eigenvalue weighted by Crippen LogP contribution is -2.03. The van der Waals surface area contributed by atoms with E-state index in [4.69, 9.17) is 37.4 Å². The second-order valence-corrected chi connectivity index (χ2v) is 7.97. The van der Waals surface area contributed by atoms with E-state index in [-0.39, 0.29) is 0 Å². The lowest BCUT2D eigenvalue weighted by Gasteiger charge is -2.09. The van der Waals surface area contributed by atoms with Crippen LogP contribution in [0.25, 0.3) is 0 Å². The minimum absolute atomic E-state index is 0.353. The molecule has 0 aliphatic rings. The van der Waals surface area contributed by atoms with Crippen LogP contribution in [0, 0.1) is 0 Å². The van der Waals surface area contributed by atoms with Gasteiger partial charge in [0.25, 0.3) is 0 Å². The fraction of sp³-hybridized carbons (Fsp3) is 0.143. The maximum atomic E-state index is 12.4. The number of benzene rings is 4. The summed E-state index contributed by atoms with van der Waals surface area (Å²) in [7, 11) is 1.62. The Balaban J connectivity index is 0.000000202. The Hall–Kier alpha value is -3.35. The molecule has 0 aliphatic carbocycles. The Bertz CT molecular complexity index is 1210. The van der Waals surface area contributed by atoms with Gasteiger partial charge in [-0.2, -0.15) is 13.2 Å². The predicted octanol–water partition coefficient (Wildman–Crippen LogP) is 9.46. The minimum Gasteiger partial charge on any atom is -0.493 e. The Morgan fingerprint density at radius 1 is 0.583 bits per heavy atom. The fourth-order valence-corrected chi connectivity index (χ4v) is 3.33. The Labute approximate surface area is 218 Å². The summed E-state index contributed by atoms with van der Waals surface area (Å²) in [5.74, 6) is 4.00.